The van der Waals surface area contributed by atoms with Crippen molar-refractivity contribution in [2.24, 2.45) is 0 Å². The second kappa shape index (κ2) is 10.7. The Morgan fingerprint density at radius 2 is 1.63 bits per heavy atom. The van der Waals surface area contributed by atoms with Crippen molar-refractivity contribution < 1.29 is 18.7 Å². The summed E-state index contributed by atoms with van der Waals surface area (Å²) < 4.78 is 18.2. The third kappa shape index (κ3) is 7.45. The van der Waals surface area contributed by atoms with E-state index in [0.29, 0.717) is 28.9 Å². The quantitative estimate of drug-likeness (QED) is 0.620. The van der Waals surface area contributed by atoms with Crippen LogP contribution in [0.1, 0.15) is 12.0 Å². The molecular formula is C19H19Cl2FN2O3. The Bertz CT molecular complexity index is 785. The van der Waals surface area contributed by atoms with Gasteiger partial charge in [0.25, 0.3) is 0 Å². The van der Waals surface area contributed by atoms with Gasteiger partial charge in [-0.2, -0.15) is 0 Å². The zero-order valence-corrected chi connectivity index (χ0v) is 15.9. The lowest BCUT2D eigenvalue weighted by Gasteiger charge is -2.10. The average Bonchev–Trinajstić information content (AvgIpc) is 2.64. The van der Waals surface area contributed by atoms with Gasteiger partial charge in [0.2, 0.25) is 11.8 Å². The van der Waals surface area contributed by atoms with Crippen LogP contribution in [0.3, 0.4) is 0 Å². The molecule has 0 heterocycles. The SMILES string of the molecule is O=C(CCOc1cccc(Cl)c1Cl)NCCNC(=O)Cc1ccc(F)cc1. The highest BCUT2D eigenvalue weighted by Gasteiger charge is 2.07. The number of hydrogen-bond acceptors (Lipinski definition) is 3. The van der Waals surface area contributed by atoms with E-state index in [1.807, 2.05) is 0 Å². The molecule has 0 spiro atoms. The molecule has 0 unspecified atom stereocenters. The van der Waals surface area contributed by atoms with Crippen molar-refractivity contribution in [3.05, 3.63) is 63.9 Å². The van der Waals surface area contributed by atoms with Crippen LogP contribution in [0.5, 0.6) is 5.75 Å². The summed E-state index contributed by atoms with van der Waals surface area (Å²) in [6.07, 6.45) is 0.300. The van der Waals surface area contributed by atoms with Gasteiger partial charge in [-0.1, -0.05) is 41.4 Å². The fourth-order valence-electron chi connectivity index (χ4n) is 2.19. The molecule has 2 amide bonds. The predicted octanol–water partition coefficient (Wildman–Crippen LogP) is 3.38. The van der Waals surface area contributed by atoms with Crippen LogP contribution < -0.4 is 15.4 Å². The lowest BCUT2D eigenvalue weighted by Crippen LogP contribution is -2.35. The van der Waals surface area contributed by atoms with Gasteiger partial charge in [-0.05, 0) is 29.8 Å². The van der Waals surface area contributed by atoms with Crippen molar-refractivity contribution in [2.75, 3.05) is 19.7 Å². The Morgan fingerprint density at radius 3 is 2.33 bits per heavy atom. The molecule has 2 N–H and O–H groups in total. The third-order valence-electron chi connectivity index (χ3n) is 3.55. The Kier molecular flexibility index (Phi) is 8.36. The second-order valence-corrected chi connectivity index (χ2v) is 6.44. The van der Waals surface area contributed by atoms with Crippen LogP contribution in [0, 0.1) is 5.82 Å². The largest absolute Gasteiger partial charge is 0.491 e. The van der Waals surface area contributed by atoms with Crippen molar-refractivity contribution >= 4 is 35.0 Å². The van der Waals surface area contributed by atoms with Crippen LogP contribution in [0.15, 0.2) is 42.5 Å². The molecule has 0 aliphatic carbocycles. The van der Waals surface area contributed by atoms with Crippen LogP contribution in [0.2, 0.25) is 10.0 Å². The number of ether oxygens (including phenoxy) is 1. The van der Waals surface area contributed by atoms with E-state index >= 15 is 0 Å². The van der Waals surface area contributed by atoms with Gasteiger partial charge in [0.15, 0.2) is 0 Å². The number of hydrogen-bond donors (Lipinski definition) is 2. The number of carbonyl (C=O) groups is 2. The first-order valence-corrected chi connectivity index (χ1v) is 9.06. The normalized spacial score (nSPS) is 10.3. The van der Waals surface area contributed by atoms with E-state index in [4.69, 9.17) is 27.9 Å². The van der Waals surface area contributed by atoms with Crippen LogP contribution in [0.25, 0.3) is 0 Å². The number of halogens is 3. The standard InChI is InChI=1S/C19H19Cl2FN2O3/c20-15-2-1-3-16(19(15)21)27-11-8-17(25)23-9-10-24-18(26)12-13-4-6-14(22)7-5-13/h1-7H,8-12H2,(H,23,25)(H,24,26). The van der Waals surface area contributed by atoms with Gasteiger partial charge < -0.3 is 15.4 Å². The topological polar surface area (TPSA) is 67.4 Å². The van der Waals surface area contributed by atoms with Gasteiger partial charge in [0, 0.05) is 13.1 Å². The van der Waals surface area contributed by atoms with E-state index in [-0.39, 0.29) is 37.1 Å². The molecule has 0 bridgehead atoms. The Balaban J connectivity index is 1.58. The summed E-state index contributed by atoms with van der Waals surface area (Å²) in [5.74, 6) is -0.329. The minimum atomic E-state index is -0.344. The first kappa shape index (κ1) is 21.0. The van der Waals surface area contributed by atoms with Crippen molar-refractivity contribution in [1.82, 2.24) is 10.6 Å². The molecule has 0 aliphatic heterocycles. The monoisotopic (exact) mass is 412 g/mol. The van der Waals surface area contributed by atoms with Crippen molar-refractivity contribution in [2.45, 2.75) is 12.8 Å². The summed E-state index contributed by atoms with van der Waals surface area (Å²) in [7, 11) is 0. The molecule has 0 radical (unpaired) electrons. The van der Waals surface area contributed by atoms with Gasteiger partial charge in [-0.25, -0.2) is 4.39 Å². The van der Waals surface area contributed by atoms with Crippen LogP contribution in [-0.4, -0.2) is 31.5 Å². The highest BCUT2D eigenvalue weighted by molar-refractivity contribution is 6.42. The summed E-state index contributed by atoms with van der Waals surface area (Å²) in [6, 6.07) is 10.8. The van der Waals surface area contributed by atoms with Crippen molar-refractivity contribution in [3.63, 3.8) is 0 Å². The lowest BCUT2D eigenvalue weighted by atomic mass is 10.1. The Hall–Kier alpha value is -2.31. The first-order chi connectivity index (χ1) is 13.0. The van der Waals surface area contributed by atoms with E-state index < -0.39 is 0 Å². The number of nitrogens with one attached hydrogen (secondary N) is 2. The molecule has 0 aliphatic rings. The van der Waals surface area contributed by atoms with Gasteiger partial charge >= 0.3 is 0 Å². The molecular weight excluding hydrogens is 394 g/mol. The summed E-state index contributed by atoms with van der Waals surface area (Å²) >= 11 is 11.9. The molecule has 0 saturated carbocycles. The van der Waals surface area contributed by atoms with E-state index in [9.17, 15) is 14.0 Å². The molecule has 0 fully saturated rings. The molecule has 0 atom stereocenters. The molecule has 2 rings (SSSR count). The minimum Gasteiger partial charge on any atom is -0.491 e. The molecule has 0 aromatic heterocycles. The summed E-state index contributed by atoms with van der Waals surface area (Å²) in [5.41, 5.74) is 0.717. The molecule has 2 aromatic rings. The maximum absolute atomic E-state index is 12.8. The molecule has 2 aromatic carbocycles. The van der Waals surface area contributed by atoms with E-state index in [2.05, 4.69) is 10.6 Å². The third-order valence-corrected chi connectivity index (χ3v) is 4.35. The number of rotatable bonds is 9. The van der Waals surface area contributed by atoms with Crippen molar-refractivity contribution in [3.8, 4) is 5.75 Å². The predicted molar refractivity (Wildman–Crippen MR) is 103 cm³/mol. The Morgan fingerprint density at radius 1 is 0.963 bits per heavy atom. The summed E-state index contributed by atoms with van der Waals surface area (Å²) in [6.45, 7) is 0.751. The highest BCUT2D eigenvalue weighted by atomic mass is 35.5. The summed E-state index contributed by atoms with van der Waals surface area (Å²) in [5, 5.41) is 6.06. The molecule has 5 nitrogen and oxygen atoms in total. The number of amides is 2. The molecule has 8 heteroatoms. The van der Waals surface area contributed by atoms with Gasteiger partial charge in [0.1, 0.15) is 16.6 Å². The van der Waals surface area contributed by atoms with Crippen molar-refractivity contribution in [1.29, 1.82) is 0 Å². The molecule has 144 valence electrons. The van der Waals surface area contributed by atoms with E-state index in [1.165, 1.54) is 12.1 Å². The second-order valence-electron chi connectivity index (χ2n) is 5.65. The zero-order valence-electron chi connectivity index (χ0n) is 14.4. The fourth-order valence-corrected chi connectivity index (χ4v) is 2.54. The van der Waals surface area contributed by atoms with E-state index in [1.54, 1.807) is 30.3 Å². The minimum absolute atomic E-state index is 0.145. The highest BCUT2D eigenvalue weighted by Crippen LogP contribution is 2.31. The smallest absolute Gasteiger partial charge is 0.224 e. The maximum atomic E-state index is 12.8. The summed E-state index contributed by atoms with van der Waals surface area (Å²) in [4.78, 5) is 23.5. The maximum Gasteiger partial charge on any atom is 0.224 e. The van der Waals surface area contributed by atoms with Gasteiger partial charge in [0.05, 0.1) is 24.5 Å². The van der Waals surface area contributed by atoms with Gasteiger partial charge in [-0.3, -0.25) is 9.59 Å². The first-order valence-electron chi connectivity index (χ1n) is 8.30. The van der Waals surface area contributed by atoms with E-state index in [0.717, 1.165) is 5.56 Å². The Labute approximate surface area is 166 Å². The van der Waals surface area contributed by atoms with Crippen LogP contribution in [-0.2, 0) is 16.0 Å². The molecule has 0 saturated heterocycles. The fraction of sp³-hybridized carbons (Fsp3) is 0.263. The van der Waals surface area contributed by atoms with Crippen LogP contribution in [0.4, 0.5) is 4.39 Å². The average molecular weight is 413 g/mol. The number of carbonyl (C=O) groups excluding carboxylic acids is 2. The van der Waals surface area contributed by atoms with Crippen LogP contribution >= 0.6 is 23.2 Å². The van der Waals surface area contributed by atoms with Gasteiger partial charge in [-0.15, -0.1) is 0 Å². The molecule has 27 heavy (non-hydrogen) atoms. The zero-order chi connectivity index (χ0) is 19.6. The number of benzene rings is 2. The lowest BCUT2D eigenvalue weighted by molar-refractivity contribution is -0.122.